The molecule has 2 saturated heterocycles. The van der Waals surface area contributed by atoms with Crippen molar-refractivity contribution in [1.82, 2.24) is 15.1 Å². The van der Waals surface area contributed by atoms with Gasteiger partial charge in [0.05, 0.1) is 6.61 Å². The maximum absolute atomic E-state index is 12.4. The summed E-state index contributed by atoms with van der Waals surface area (Å²) in [7, 11) is 0. The molecule has 0 aromatic heterocycles. The molecule has 0 aliphatic carbocycles. The molecule has 6 nitrogen and oxygen atoms in total. The van der Waals surface area contributed by atoms with Crippen molar-refractivity contribution in [3.8, 4) is 5.75 Å². The number of piperazine rings is 1. The summed E-state index contributed by atoms with van der Waals surface area (Å²) in [6.45, 7) is 6.78. The second-order valence-electron chi connectivity index (χ2n) is 6.03. The van der Waals surface area contributed by atoms with E-state index in [-0.39, 0.29) is 36.8 Å². The SMILES string of the molecule is Cl.Cl.O=C(C1CNCCO1)N1CCN(CCOc2ccc(Cl)cc2)CC1. The normalized spacial score (nSPS) is 20.7. The van der Waals surface area contributed by atoms with Gasteiger partial charge in [-0.1, -0.05) is 11.6 Å². The highest BCUT2D eigenvalue weighted by molar-refractivity contribution is 6.30. The van der Waals surface area contributed by atoms with Crippen molar-refractivity contribution in [3.05, 3.63) is 29.3 Å². The molecule has 0 radical (unpaired) electrons. The molecular formula is C17H26Cl3N3O3. The van der Waals surface area contributed by atoms with Crippen molar-refractivity contribution in [2.24, 2.45) is 0 Å². The number of hydrogen-bond acceptors (Lipinski definition) is 5. The van der Waals surface area contributed by atoms with Gasteiger partial charge in [-0.2, -0.15) is 0 Å². The minimum atomic E-state index is -0.321. The predicted octanol–water partition coefficient (Wildman–Crippen LogP) is 1.69. The Labute approximate surface area is 172 Å². The minimum absolute atomic E-state index is 0. The van der Waals surface area contributed by atoms with Gasteiger partial charge in [0.15, 0.2) is 0 Å². The molecule has 2 heterocycles. The quantitative estimate of drug-likeness (QED) is 0.776. The van der Waals surface area contributed by atoms with Gasteiger partial charge >= 0.3 is 0 Å². The molecule has 1 amide bonds. The molecule has 0 bridgehead atoms. The van der Waals surface area contributed by atoms with Crippen molar-refractivity contribution in [2.45, 2.75) is 6.10 Å². The average Bonchev–Trinajstić information content (AvgIpc) is 2.64. The first-order valence-electron chi connectivity index (χ1n) is 8.44. The summed E-state index contributed by atoms with van der Waals surface area (Å²) in [6.07, 6.45) is -0.321. The van der Waals surface area contributed by atoms with Crippen LogP contribution in [0, 0.1) is 0 Å². The maximum atomic E-state index is 12.4. The lowest BCUT2D eigenvalue weighted by Gasteiger charge is -2.37. The number of carbonyl (C=O) groups excluding carboxylic acids is 1. The molecule has 148 valence electrons. The highest BCUT2D eigenvalue weighted by Crippen LogP contribution is 2.15. The van der Waals surface area contributed by atoms with E-state index in [9.17, 15) is 4.79 Å². The fourth-order valence-corrected chi connectivity index (χ4v) is 3.07. The zero-order chi connectivity index (χ0) is 16.8. The Kier molecular flexibility index (Phi) is 10.6. The molecular weight excluding hydrogens is 401 g/mol. The third-order valence-corrected chi connectivity index (χ3v) is 4.63. The monoisotopic (exact) mass is 425 g/mol. The van der Waals surface area contributed by atoms with E-state index in [4.69, 9.17) is 21.1 Å². The van der Waals surface area contributed by atoms with Crippen LogP contribution in [0.25, 0.3) is 0 Å². The van der Waals surface area contributed by atoms with Crippen LogP contribution in [0.4, 0.5) is 0 Å². The predicted molar refractivity (Wildman–Crippen MR) is 107 cm³/mol. The molecule has 1 N–H and O–H groups in total. The Bertz CT molecular complexity index is 534. The molecule has 3 rings (SSSR count). The molecule has 1 atom stereocenters. The third kappa shape index (κ3) is 6.76. The minimum Gasteiger partial charge on any atom is -0.492 e. The molecule has 2 fully saturated rings. The lowest BCUT2D eigenvalue weighted by Crippen LogP contribution is -2.55. The highest BCUT2D eigenvalue weighted by atomic mass is 35.5. The van der Waals surface area contributed by atoms with Crippen LogP contribution in [0.3, 0.4) is 0 Å². The zero-order valence-corrected chi connectivity index (χ0v) is 17.0. The number of benzene rings is 1. The Morgan fingerprint density at radius 3 is 2.50 bits per heavy atom. The number of nitrogens with one attached hydrogen (secondary N) is 1. The van der Waals surface area contributed by atoms with Crippen LogP contribution in [-0.2, 0) is 9.53 Å². The van der Waals surface area contributed by atoms with Crippen molar-refractivity contribution in [2.75, 3.05) is 59.0 Å². The fourth-order valence-electron chi connectivity index (χ4n) is 2.94. The number of ether oxygens (including phenoxy) is 2. The molecule has 1 unspecified atom stereocenters. The van der Waals surface area contributed by atoms with Gasteiger partial charge in [-0.15, -0.1) is 24.8 Å². The molecule has 1 aromatic rings. The molecule has 0 spiro atoms. The van der Waals surface area contributed by atoms with Crippen molar-refractivity contribution < 1.29 is 14.3 Å². The summed E-state index contributed by atoms with van der Waals surface area (Å²) in [5.74, 6) is 0.939. The summed E-state index contributed by atoms with van der Waals surface area (Å²) < 4.78 is 11.3. The van der Waals surface area contributed by atoms with Gasteiger partial charge in [0.1, 0.15) is 18.5 Å². The number of hydrogen-bond donors (Lipinski definition) is 1. The van der Waals surface area contributed by atoms with E-state index in [1.807, 2.05) is 29.2 Å². The summed E-state index contributed by atoms with van der Waals surface area (Å²) in [4.78, 5) is 16.6. The number of morpholine rings is 1. The number of nitrogens with zero attached hydrogens (tertiary/aromatic N) is 2. The van der Waals surface area contributed by atoms with E-state index in [0.717, 1.165) is 45.0 Å². The van der Waals surface area contributed by atoms with Crippen molar-refractivity contribution >= 4 is 42.3 Å². The van der Waals surface area contributed by atoms with Gasteiger partial charge in [-0.3, -0.25) is 9.69 Å². The zero-order valence-electron chi connectivity index (χ0n) is 14.6. The van der Waals surface area contributed by atoms with Crippen LogP contribution in [0.5, 0.6) is 5.75 Å². The standard InChI is InChI=1S/C17H24ClN3O3.2ClH/c18-14-1-3-15(4-2-14)23-12-10-20-6-8-21(9-7-20)17(22)16-13-19-5-11-24-16;;/h1-4,16,19H,5-13H2;2*1H. The Balaban J connectivity index is 0.00000169. The van der Waals surface area contributed by atoms with E-state index in [2.05, 4.69) is 10.2 Å². The van der Waals surface area contributed by atoms with E-state index in [1.165, 1.54) is 0 Å². The van der Waals surface area contributed by atoms with E-state index in [0.29, 0.717) is 24.8 Å². The van der Waals surface area contributed by atoms with Crippen LogP contribution in [-0.4, -0.2) is 80.8 Å². The van der Waals surface area contributed by atoms with Gasteiger partial charge in [0.25, 0.3) is 5.91 Å². The van der Waals surface area contributed by atoms with E-state index < -0.39 is 0 Å². The average molecular weight is 427 g/mol. The second kappa shape index (κ2) is 11.8. The molecule has 2 aliphatic rings. The molecule has 1 aromatic carbocycles. The summed E-state index contributed by atoms with van der Waals surface area (Å²) in [5, 5.41) is 3.91. The Hall–Kier alpha value is -0.760. The number of rotatable bonds is 5. The molecule has 2 aliphatic heterocycles. The van der Waals surface area contributed by atoms with Crippen LogP contribution >= 0.6 is 36.4 Å². The van der Waals surface area contributed by atoms with Gasteiger partial charge in [-0.05, 0) is 24.3 Å². The van der Waals surface area contributed by atoms with Gasteiger partial charge < -0.3 is 19.7 Å². The maximum Gasteiger partial charge on any atom is 0.253 e. The van der Waals surface area contributed by atoms with E-state index >= 15 is 0 Å². The largest absolute Gasteiger partial charge is 0.492 e. The second-order valence-corrected chi connectivity index (χ2v) is 6.47. The summed E-state index contributed by atoms with van der Waals surface area (Å²) in [6, 6.07) is 7.39. The smallest absolute Gasteiger partial charge is 0.253 e. The van der Waals surface area contributed by atoms with Gasteiger partial charge in [0.2, 0.25) is 0 Å². The Morgan fingerprint density at radius 2 is 1.88 bits per heavy atom. The van der Waals surface area contributed by atoms with Crippen molar-refractivity contribution in [1.29, 1.82) is 0 Å². The fraction of sp³-hybridized carbons (Fsp3) is 0.588. The van der Waals surface area contributed by atoms with Gasteiger partial charge in [-0.25, -0.2) is 0 Å². The van der Waals surface area contributed by atoms with Crippen LogP contribution in [0.15, 0.2) is 24.3 Å². The number of carbonyl (C=O) groups is 1. The lowest BCUT2D eigenvalue weighted by atomic mass is 10.2. The number of halogens is 3. The van der Waals surface area contributed by atoms with Gasteiger partial charge in [0, 0.05) is 50.8 Å². The van der Waals surface area contributed by atoms with Crippen molar-refractivity contribution in [3.63, 3.8) is 0 Å². The summed E-state index contributed by atoms with van der Waals surface area (Å²) in [5.41, 5.74) is 0. The molecule has 0 saturated carbocycles. The number of amides is 1. The third-order valence-electron chi connectivity index (χ3n) is 4.38. The van der Waals surface area contributed by atoms with Crippen LogP contribution in [0.2, 0.25) is 5.02 Å². The van der Waals surface area contributed by atoms with Crippen LogP contribution < -0.4 is 10.1 Å². The first kappa shape index (κ1) is 23.3. The highest BCUT2D eigenvalue weighted by Gasteiger charge is 2.29. The summed E-state index contributed by atoms with van der Waals surface area (Å²) >= 11 is 5.85. The lowest BCUT2D eigenvalue weighted by molar-refractivity contribution is -0.147. The molecule has 9 heteroatoms. The topological polar surface area (TPSA) is 54.0 Å². The first-order valence-corrected chi connectivity index (χ1v) is 8.82. The first-order chi connectivity index (χ1) is 11.7. The molecule has 26 heavy (non-hydrogen) atoms. The van der Waals surface area contributed by atoms with E-state index in [1.54, 1.807) is 0 Å². The van der Waals surface area contributed by atoms with Crippen LogP contribution in [0.1, 0.15) is 0 Å². The Morgan fingerprint density at radius 1 is 1.19 bits per heavy atom.